The first-order valence-electron chi connectivity index (χ1n) is 6.49. The first-order valence-corrected chi connectivity index (χ1v) is 6.49. The molecule has 3 nitrogen and oxygen atoms in total. The van der Waals surface area contributed by atoms with E-state index in [0.717, 1.165) is 18.9 Å². The average molecular weight is 270 g/mol. The van der Waals surface area contributed by atoms with Gasteiger partial charge in [0, 0.05) is 24.7 Å². The van der Waals surface area contributed by atoms with Gasteiger partial charge < -0.3 is 10.6 Å². The van der Waals surface area contributed by atoms with Crippen LogP contribution in [0.5, 0.6) is 0 Å². The zero-order valence-electron chi connectivity index (χ0n) is 11.3. The second-order valence-corrected chi connectivity index (χ2v) is 4.48. The Morgan fingerprint density at radius 2 is 2.11 bits per heavy atom. The molecule has 2 N–H and O–H groups in total. The van der Waals surface area contributed by atoms with E-state index in [-0.39, 0.29) is 12.5 Å². The maximum atomic E-state index is 13.4. The van der Waals surface area contributed by atoms with Crippen molar-refractivity contribution in [1.29, 1.82) is 0 Å². The third-order valence-corrected chi connectivity index (χ3v) is 2.84. The summed E-state index contributed by atoms with van der Waals surface area (Å²) in [6.45, 7) is 4.59. The minimum atomic E-state index is -0.605. The van der Waals surface area contributed by atoms with Gasteiger partial charge in [-0.2, -0.15) is 0 Å². The van der Waals surface area contributed by atoms with E-state index in [4.69, 9.17) is 0 Å². The molecule has 0 aliphatic rings. The zero-order valence-corrected chi connectivity index (χ0v) is 11.3. The van der Waals surface area contributed by atoms with E-state index < -0.39 is 17.7 Å². The fourth-order valence-electron chi connectivity index (χ4n) is 1.56. The lowest BCUT2D eigenvalue weighted by atomic mass is 10.2. The van der Waals surface area contributed by atoms with Gasteiger partial charge in [-0.1, -0.05) is 19.4 Å². The summed E-state index contributed by atoms with van der Waals surface area (Å²) in [7, 11) is 0. The maximum Gasteiger partial charge on any atom is 0.236 e. The number of carbonyl (C=O) groups excluding carboxylic acids is 1. The Kier molecular flexibility index (Phi) is 6.42. The van der Waals surface area contributed by atoms with Gasteiger partial charge in [0.2, 0.25) is 5.91 Å². The summed E-state index contributed by atoms with van der Waals surface area (Å²) in [6.07, 6.45) is 1.95. The second kappa shape index (κ2) is 7.84. The Hall–Kier alpha value is -1.49. The van der Waals surface area contributed by atoms with Crippen molar-refractivity contribution in [3.63, 3.8) is 0 Å². The van der Waals surface area contributed by atoms with Crippen molar-refractivity contribution >= 4 is 5.91 Å². The number of benzene rings is 1. The molecular formula is C14H20F2N2O. The van der Waals surface area contributed by atoms with E-state index in [1.54, 1.807) is 6.92 Å². The van der Waals surface area contributed by atoms with Crippen molar-refractivity contribution in [3.05, 3.63) is 35.4 Å². The molecule has 1 aromatic rings. The molecule has 106 valence electrons. The van der Waals surface area contributed by atoms with Crippen molar-refractivity contribution < 1.29 is 13.6 Å². The molecule has 1 rings (SSSR count). The molecule has 19 heavy (non-hydrogen) atoms. The van der Waals surface area contributed by atoms with Gasteiger partial charge in [0.25, 0.3) is 0 Å². The van der Waals surface area contributed by atoms with Crippen LogP contribution >= 0.6 is 0 Å². The van der Waals surface area contributed by atoms with Gasteiger partial charge in [-0.15, -0.1) is 0 Å². The molecule has 0 bridgehead atoms. The lowest BCUT2D eigenvalue weighted by Gasteiger charge is -2.14. The van der Waals surface area contributed by atoms with Gasteiger partial charge in [0.15, 0.2) is 0 Å². The molecule has 0 fully saturated rings. The summed E-state index contributed by atoms with van der Waals surface area (Å²) < 4.78 is 26.1. The summed E-state index contributed by atoms with van der Waals surface area (Å²) in [5, 5.41) is 5.70. The molecule has 0 heterocycles. The number of hydrogen-bond acceptors (Lipinski definition) is 2. The molecule has 0 saturated heterocycles. The molecule has 1 amide bonds. The largest absolute Gasteiger partial charge is 0.355 e. The van der Waals surface area contributed by atoms with Gasteiger partial charge in [-0.3, -0.25) is 4.79 Å². The highest BCUT2D eigenvalue weighted by Gasteiger charge is 2.12. The minimum Gasteiger partial charge on any atom is -0.355 e. The summed E-state index contributed by atoms with van der Waals surface area (Å²) in [4.78, 5) is 11.7. The van der Waals surface area contributed by atoms with Crippen molar-refractivity contribution in [3.8, 4) is 0 Å². The van der Waals surface area contributed by atoms with Crippen LogP contribution in [0, 0.1) is 11.6 Å². The monoisotopic (exact) mass is 270 g/mol. The SMILES string of the molecule is CCCCNC(=O)C(C)NCc1ccc(F)cc1F. The Morgan fingerprint density at radius 1 is 1.37 bits per heavy atom. The lowest BCUT2D eigenvalue weighted by Crippen LogP contribution is -2.42. The Morgan fingerprint density at radius 3 is 2.74 bits per heavy atom. The van der Waals surface area contributed by atoms with Crippen LogP contribution < -0.4 is 10.6 Å². The fraction of sp³-hybridized carbons (Fsp3) is 0.500. The van der Waals surface area contributed by atoms with Gasteiger partial charge >= 0.3 is 0 Å². The number of carbonyl (C=O) groups is 1. The normalized spacial score (nSPS) is 12.2. The average Bonchev–Trinajstić information content (AvgIpc) is 2.37. The standard InChI is InChI=1S/C14H20F2N2O/c1-3-4-7-17-14(19)10(2)18-9-11-5-6-12(15)8-13(11)16/h5-6,8,10,18H,3-4,7,9H2,1-2H3,(H,17,19). The Balaban J connectivity index is 2.40. The molecule has 0 aliphatic carbocycles. The highest BCUT2D eigenvalue weighted by Crippen LogP contribution is 2.09. The molecule has 1 atom stereocenters. The topological polar surface area (TPSA) is 41.1 Å². The van der Waals surface area contributed by atoms with Crippen LogP contribution in [0.25, 0.3) is 0 Å². The van der Waals surface area contributed by atoms with Gasteiger partial charge in [0.1, 0.15) is 11.6 Å². The highest BCUT2D eigenvalue weighted by molar-refractivity contribution is 5.81. The summed E-state index contributed by atoms with van der Waals surface area (Å²) in [5.74, 6) is -1.33. The summed E-state index contributed by atoms with van der Waals surface area (Å²) in [5.41, 5.74) is 0.342. The first kappa shape index (κ1) is 15.6. The zero-order chi connectivity index (χ0) is 14.3. The van der Waals surface area contributed by atoms with Crippen molar-refractivity contribution in [2.75, 3.05) is 6.54 Å². The Labute approximate surface area is 112 Å². The van der Waals surface area contributed by atoms with Crippen LogP contribution in [0.15, 0.2) is 18.2 Å². The molecule has 0 aliphatic heterocycles. The van der Waals surface area contributed by atoms with Crippen LogP contribution in [0.3, 0.4) is 0 Å². The molecule has 5 heteroatoms. The lowest BCUT2D eigenvalue weighted by molar-refractivity contribution is -0.122. The Bertz CT molecular complexity index is 424. The summed E-state index contributed by atoms with van der Waals surface area (Å²) in [6, 6.07) is 3.00. The van der Waals surface area contributed by atoms with E-state index in [0.29, 0.717) is 12.1 Å². The third kappa shape index (κ3) is 5.34. The van der Waals surface area contributed by atoms with E-state index >= 15 is 0 Å². The number of halogens is 2. The van der Waals surface area contributed by atoms with Crippen LogP contribution in [-0.2, 0) is 11.3 Å². The first-order chi connectivity index (χ1) is 9.04. The van der Waals surface area contributed by atoms with E-state index in [9.17, 15) is 13.6 Å². The summed E-state index contributed by atoms with van der Waals surface area (Å²) >= 11 is 0. The predicted molar refractivity (Wildman–Crippen MR) is 70.6 cm³/mol. The van der Waals surface area contributed by atoms with E-state index in [1.165, 1.54) is 12.1 Å². The molecule has 1 unspecified atom stereocenters. The van der Waals surface area contributed by atoms with Crippen LogP contribution in [0.1, 0.15) is 32.3 Å². The third-order valence-electron chi connectivity index (χ3n) is 2.84. The number of rotatable bonds is 7. The predicted octanol–water partition coefficient (Wildman–Crippen LogP) is 2.36. The molecular weight excluding hydrogens is 250 g/mol. The molecule has 0 saturated carbocycles. The van der Waals surface area contributed by atoms with Crippen LogP contribution in [0.4, 0.5) is 8.78 Å². The van der Waals surface area contributed by atoms with Crippen molar-refractivity contribution in [2.24, 2.45) is 0 Å². The molecule has 1 aromatic carbocycles. The number of nitrogens with one attached hydrogen (secondary N) is 2. The maximum absolute atomic E-state index is 13.4. The van der Waals surface area contributed by atoms with E-state index in [1.807, 2.05) is 6.92 Å². The van der Waals surface area contributed by atoms with Crippen molar-refractivity contribution in [1.82, 2.24) is 10.6 Å². The van der Waals surface area contributed by atoms with E-state index in [2.05, 4.69) is 10.6 Å². The van der Waals surface area contributed by atoms with Crippen LogP contribution in [0.2, 0.25) is 0 Å². The smallest absolute Gasteiger partial charge is 0.236 e. The fourth-order valence-corrected chi connectivity index (χ4v) is 1.56. The molecule has 0 radical (unpaired) electrons. The van der Waals surface area contributed by atoms with Gasteiger partial charge in [-0.25, -0.2) is 8.78 Å². The number of unbranched alkanes of at least 4 members (excludes halogenated alkanes) is 1. The highest BCUT2D eigenvalue weighted by atomic mass is 19.1. The quantitative estimate of drug-likeness (QED) is 0.747. The second-order valence-electron chi connectivity index (χ2n) is 4.48. The molecule has 0 spiro atoms. The van der Waals surface area contributed by atoms with Gasteiger partial charge in [0.05, 0.1) is 6.04 Å². The van der Waals surface area contributed by atoms with Crippen molar-refractivity contribution in [2.45, 2.75) is 39.3 Å². The molecule has 0 aromatic heterocycles. The number of hydrogen-bond donors (Lipinski definition) is 2. The number of amides is 1. The minimum absolute atomic E-state index is 0.115. The van der Waals surface area contributed by atoms with Crippen LogP contribution in [-0.4, -0.2) is 18.5 Å². The van der Waals surface area contributed by atoms with Gasteiger partial charge in [-0.05, 0) is 19.4 Å².